The lowest BCUT2D eigenvalue weighted by atomic mass is 10.0. The van der Waals surface area contributed by atoms with Crippen LogP contribution in [0, 0.1) is 13.8 Å². The molecule has 1 amide bonds. The highest BCUT2D eigenvalue weighted by Gasteiger charge is 2.33. The monoisotopic (exact) mass is 454 g/mol. The van der Waals surface area contributed by atoms with Crippen LogP contribution in [0.4, 0.5) is 22.1 Å². The number of hydrogen-bond acceptors (Lipinski definition) is 8. The van der Waals surface area contributed by atoms with Crippen molar-refractivity contribution >= 4 is 23.4 Å². The number of nitrogens with one attached hydrogen (secondary N) is 1. The highest BCUT2D eigenvalue weighted by molar-refractivity contribution is 5.71. The van der Waals surface area contributed by atoms with Crippen LogP contribution in [0.3, 0.4) is 0 Å². The average Bonchev–Trinajstić information content (AvgIpc) is 2.98. The summed E-state index contributed by atoms with van der Waals surface area (Å²) in [4.78, 5) is 30.2. The number of carbonyl (C=O) groups is 1. The lowest BCUT2D eigenvalue weighted by Gasteiger charge is -2.39. The number of pyridine rings is 1. The van der Waals surface area contributed by atoms with Crippen LogP contribution in [0.25, 0.3) is 0 Å². The maximum Gasteiger partial charge on any atom is 0.410 e. The van der Waals surface area contributed by atoms with Crippen molar-refractivity contribution in [1.29, 1.82) is 0 Å². The molecule has 0 spiro atoms. The summed E-state index contributed by atoms with van der Waals surface area (Å²) in [5.74, 6) is 2.12. The van der Waals surface area contributed by atoms with Gasteiger partial charge >= 0.3 is 6.09 Å². The first-order valence-corrected chi connectivity index (χ1v) is 11.6. The van der Waals surface area contributed by atoms with Crippen molar-refractivity contribution in [2.24, 2.45) is 0 Å². The predicted molar refractivity (Wildman–Crippen MR) is 127 cm³/mol. The van der Waals surface area contributed by atoms with Crippen molar-refractivity contribution in [3.05, 3.63) is 29.8 Å². The minimum atomic E-state index is -0.485. The maximum absolute atomic E-state index is 12.5. The lowest BCUT2D eigenvalue weighted by molar-refractivity contribution is 0.0204. The van der Waals surface area contributed by atoms with E-state index in [-0.39, 0.29) is 12.1 Å². The molecular formula is C24H34N6O3. The van der Waals surface area contributed by atoms with Gasteiger partial charge in [0.25, 0.3) is 0 Å². The van der Waals surface area contributed by atoms with Crippen LogP contribution in [0.2, 0.25) is 0 Å². The molecule has 4 heterocycles. The predicted octanol–water partition coefficient (Wildman–Crippen LogP) is 4.22. The van der Waals surface area contributed by atoms with Crippen molar-refractivity contribution in [2.75, 3.05) is 36.5 Å². The minimum Gasteiger partial charge on any atom is -0.486 e. The number of ether oxygens (including phenoxy) is 2. The van der Waals surface area contributed by atoms with E-state index < -0.39 is 5.60 Å². The van der Waals surface area contributed by atoms with Crippen molar-refractivity contribution < 1.29 is 14.3 Å². The number of nitrogens with zero attached hydrogens (tertiary/aromatic N) is 5. The van der Waals surface area contributed by atoms with E-state index in [1.54, 1.807) is 11.2 Å². The number of rotatable bonds is 3. The number of likely N-dealkylation sites (tertiary alicyclic amines) is 1. The summed E-state index contributed by atoms with van der Waals surface area (Å²) in [6, 6.07) is 4.25. The summed E-state index contributed by atoms with van der Waals surface area (Å²) in [5.41, 5.74) is 2.29. The van der Waals surface area contributed by atoms with Crippen LogP contribution in [0.1, 0.15) is 51.4 Å². The highest BCUT2D eigenvalue weighted by Crippen LogP contribution is 2.38. The normalized spacial score (nSPS) is 17.1. The molecule has 2 aliphatic rings. The van der Waals surface area contributed by atoms with E-state index in [2.05, 4.69) is 25.2 Å². The number of fused-ring (bicyclic) bond motifs is 1. The lowest BCUT2D eigenvalue weighted by Crippen LogP contribution is -2.48. The second-order valence-corrected chi connectivity index (χ2v) is 9.68. The zero-order valence-electron chi connectivity index (χ0n) is 20.2. The van der Waals surface area contributed by atoms with Crippen LogP contribution < -0.4 is 15.0 Å². The molecule has 9 nitrogen and oxygen atoms in total. The van der Waals surface area contributed by atoms with Gasteiger partial charge in [-0.15, -0.1) is 0 Å². The topological polar surface area (TPSA) is 92.7 Å². The Kier molecular flexibility index (Phi) is 6.58. The van der Waals surface area contributed by atoms with Crippen molar-refractivity contribution in [2.45, 2.75) is 65.5 Å². The van der Waals surface area contributed by atoms with E-state index in [1.807, 2.05) is 46.8 Å². The standard InChI is InChI=1S/C24H34N6O3/c1-16-7-8-19(17(2)27-16)28-21-20-22(26-15-25-21)30(11-6-14-32-20)18-9-12-29(13-10-18)23(31)33-24(3,4)5/h7-8,15,18H,6,9-14H2,1-5H3,(H,25,26,28). The first-order chi connectivity index (χ1) is 15.7. The van der Waals surface area contributed by atoms with Gasteiger partial charge in [-0.2, -0.15) is 0 Å². The van der Waals surface area contributed by atoms with Crippen molar-refractivity contribution in [3.8, 4) is 5.75 Å². The molecule has 33 heavy (non-hydrogen) atoms. The van der Waals surface area contributed by atoms with Crippen LogP contribution in [0.5, 0.6) is 5.75 Å². The number of aromatic nitrogens is 3. The zero-order chi connectivity index (χ0) is 23.6. The Labute approximate surface area is 195 Å². The fraction of sp³-hybridized carbons (Fsp3) is 0.583. The van der Waals surface area contributed by atoms with E-state index in [9.17, 15) is 4.79 Å². The molecule has 4 rings (SSSR count). The maximum atomic E-state index is 12.5. The molecule has 0 radical (unpaired) electrons. The zero-order valence-corrected chi connectivity index (χ0v) is 20.2. The molecular weight excluding hydrogens is 420 g/mol. The van der Waals surface area contributed by atoms with Crippen LogP contribution in [-0.4, -0.2) is 63.8 Å². The molecule has 178 valence electrons. The third-order valence-corrected chi connectivity index (χ3v) is 5.88. The third-order valence-electron chi connectivity index (χ3n) is 5.88. The summed E-state index contributed by atoms with van der Waals surface area (Å²) < 4.78 is 11.7. The Morgan fingerprint density at radius 3 is 2.61 bits per heavy atom. The van der Waals surface area contributed by atoms with Gasteiger partial charge in [0, 0.05) is 31.4 Å². The van der Waals surface area contributed by atoms with Crippen LogP contribution >= 0.6 is 0 Å². The summed E-state index contributed by atoms with van der Waals surface area (Å²) in [6.07, 6.45) is 3.94. The molecule has 0 aliphatic carbocycles. The number of piperidine rings is 1. The number of anilines is 3. The molecule has 2 aromatic heterocycles. The Morgan fingerprint density at radius 1 is 1.15 bits per heavy atom. The molecule has 9 heteroatoms. The molecule has 2 aromatic rings. The summed E-state index contributed by atoms with van der Waals surface area (Å²) in [7, 11) is 0. The Balaban J connectivity index is 1.51. The van der Waals surface area contributed by atoms with Gasteiger partial charge in [-0.25, -0.2) is 14.8 Å². The number of hydrogen-bond donors (Lipinski definition) is 1. The second-order valence-electron chi connectivity index (χ2n) is 9.68. The number of amides is 1. The first kappa shape index (κ1) is 23.1. The summed E-state index contributed by atoms with van der Waals surface area (Å²) in [5, 5.41) is 3.39. The molecule has 1 N–H and O–H groups in total. The van der Waals surface area contributed by atoms with E-state index in [1.165, 1.54) is 0 Å². The minimum absolute atomic E-state index is 0.239. The molecule has 0 unspecified atom stereocenters. The Bertz CT molecular complexity index is 998. The first-order valence-electron chi connectivity index (χ1n) is 11.6. The molecule has 1 saturated heterocycles. The van der Waals surface area contributed by atoms with Crippen molar-refractivity contribution in [3.63, 3.8) is 0 Å². The van der Waals surface area contributed by atoms with E-state index in [0.717, 1.165) is 48.7 Å². The molecule has 1 fully saturated rings. The number of carbonyl (C=O) groups excluding carboxylic acids is 1. The van der Waals surface area contributed by atoms with Crippen LogP contribution in [0.15, 0.2) is 18.5 Å². The van der Waals surface area contributed by atoms with Crippen LogP contribution in [-0.2, 0) is 4.74 Å². The smallest absolute Gasteiger partial charge is 0.410 e. The third kappa shape index (κ3) is 5.46. The van der Waals surface area contributed by atoms with Gasteiger partial charge in [0.1, 0.15) is 11.9 Å². The average molecular weight is 455 g/mol. The molecule has 0 aromatic carbocycles. The van der Waals surface area contributed by atoms with Gasteiger partial charge in [0.15, 0.2) is 11.6 Å². The molecule has 0 saturated carbocycles. The van der Waals surface area contributed by atoms with Gasteiger partial charge in [0.05, 0.1) is 18.0 Å². The van der Waals surface area contributed by atoms with Gasteiger partial charge < -0.3 is 24.6 Å². The second kappa shape index (κ2) is 9.41. The van der Waals surface area contributed by atoms with Gasteiger partial charge in [0.2, 0.25) is 5.75 Å². The van der Waals surface area contributed by atoms with Crippen molar-refractivity contribution in [1.82, 2.24) is 19.9 Å². The van der Waals surface area contributed by atoms with E-state index in [0.29, 0.717) is 31.3 Å². The quantitative estimate of drug-likeness (QED) is 0.737. The Hall–Kier alpha value is -3.10. The molecule has 2 aliphatic heterocycles. The largest absolute Gasteiger partial charge is 0.486 e. The van der Waals surface area contributed by atoms with Gasteiger partial charge in [-0.3, -0.25) is 4.98 Å². The highest BCUT2D eigenvalue weighted by atomic mass is 16.6. The molecule has 0 bridgehead atoms. The van der Waals surface area contributed by atoms with Gasteiger partial charge in [-0.05, 0) is 66.0 Å². The van der Waals surface area contributed by atoms with E-state index in [4.69, 9.17) is 9.47 Å². The SMILES string of the molecule is Cc1ccc(Nc2ncnc3c2OCCCN3C2CCN(C(=O)OC(C)(C)C)CC2)c(C)n1. The Morgan fingerprint density at radius 2 is 1.91 bits per heavy atom. The van der Waals surface area contributed by atoms with E-state index >= 15 is 0 Å². The molecule has 0 atom stereocenters. The fourth-order valence-corrected chi connectivity index (χ4v) is 4.29. The van der Waals surface area contributed by atoms with Gasteiger partial charge in [-0.1, -0.05) is 0 Å². The number of aryl methyl sites for hydroxylation is 2. The summed E-state index contributed by atoms with van der Waals surface area (Å²) in [6.45, 7) is 12.4. The fourth-order valence-electron chi connectivity index (χ4n) is 4.29. The summed E-state index contributed by atoms with van der Waals surface area (Å²) >= 11 is 0.